The van der Waals surface area contributed by atoms with Crippen LogP contribution in [0.5, 0.6) is 0 Å². The van der Waals surface area contributed by atoms with Crippen molar-refractivity contribution in [3.8, 4) is 0 Å². The zero-order valence-electron chi connectivity index (χ0n) is 18.1. The van der Waals surface area contributed by atoms with Crippen LogP contribution < -0.4 is 9.62 Å². The molecule has 3 rings (SSSR count). The lowest BCUT2D eigenvalue weighted by atomic mass is 9.97. The second kappa shape index (κ2) is 10.7. The molecule has 1 N–H and O–H groups in total. The van der Waals surface area contributed by atoms with Gasteiger partial charge in [0.2, 0.25) is 5.91 Å². The van der Waals surface area contributed by atoms with Gasteiger partial charge in [0, 0.05) is 5.02 Å². The van der Waals surface area contributed by atoms with Gasteiger partial charge >= 0.3 is 0 Å². The number of carbonyl (C=O) groups is 1. The fourth-order valence-corrected chi connectivity index (χ4v) is 5.09. The Bertz CT molecular complexity index is 1140. The van der Waals surface area contributed by atoms with Gasteiger partial charge in [-0.05, 0) is 48.2 Å². The fraction of sp³-hybridized carbons (Fsp3) is 0.240. The number of amides is 1. The van der Waals surface area contributed by atoms with E-state index >= 15 is 0 Å². The van der Waals surface area contributed by atoms with Crippen molar-refractivity contribution in [3.05, 3.63) is 95.5 Å². The van der Waals surface area contributed by atoms with Crippen LogP contribution in [-0.2, 0) is 14.8 Å². The molecule has 7 heteroatoms. The number of rotatable bonds is 9. The topological polar surface area (TPSA) is 66.5 Å². The van der Waals surface area contributed by atoms with Crippen molar-refractivity contribution in [3.63, 3.8) is 0 Å². The molecule has 0 bridgehead atoms. The zero-order valence-corrected chi connectivity index (χ0v) is 19.7. The Balaban J connectivity index is 1.91. The summed E-state index contributed by atoms with van der Waals surface area (Å²) in [6.07, 6.45) is 0.734. The molecule has 0 saturated heterocycles. The van der Waals surface area contributed by atoms with E-state index < -0.39 is 10.0 Å². The lowest BCUT2D eigenvalue weighted by Gasteiger charge is -2.26. The van der Waals surface area contributed by atoms with Crippen LogP contribution in [0.25, 0.3) is 0 Å². The first-order valence-corrected chi connectivity index (χ1v) is 12.3. The van der Waals surface area contributed by atoms with E-state index in [0.29, 0.717) is 16.6 Å². The van der Waals surface area contributed by atoms with Crippen molar-refractivity contribution in [1.82, 2.24) is 5.32 Å². The van der Waals surface area contributed by atoms with Gasteiger partial charge in [-0.3, -0.25) is 9.10 Å². The first kappa shape index (κ1) is 23.8. The molecule has 0 saturated carbocycles. The molecular weight excluding hydrogens is 444 g/mol. The Labute approximate surface area is 195 Å². The van der Waals surface area contributed by atoms with Gasteiger partial charge in [0.1, 0.15) is 6.54 Å². The van der Waals surface area contributed by atoms with Crippen molar-refractivity contribution in [1.29, 1.82) is 0 Å². The second-order valence-electron chi connectivity index (χ2n) is 7.96. The molecule has 0 aliphatic carbocycles. The SMILES string of the molecule is CC(C)C[C@H](NC(=O)CN(c1cccc(Cl)c1)S(=O)(=O)c1ccccc1)c1ccccc1. The van der Waals surface area contributed by atoms with E-state index in [1.165, 1.54) is 18.2 Å². The van der Waals surface area contributed by atoms with Gasteiger partial charge in [-0.1, -0.05) is 80.0 Å². The number of nitrogens with zero attached hydrogens (tertiary/aromatic N) is 1. The minimum absolute atomic E-state index is 0.106. The summed E-state index contributed by atoms with van der Waals surface area (Å²) in [7, 11) is -3.98. The summed E-state index contributed by atoms with van der Waals surface area (Å²) in [5, 5.41) is 3.41. The Morgan fingerprint density at radius 3 is 2.16 bits per heavy atom. The molecule has 0 spiro atoms. The normalized spacial score (nSPS) is 12.4. The van der Waals surface area contributed by atoms with E-state index in [1.807, 2.05) is 30.3 Å². The van der Waals surface area contributed by atoms with E-state index in [4.69, 9.17) is 11.6 Å². The monoisotopic (exact) mass is 470 g/mol. The number of carbonyl (C=O) groups excluding carboxylic acids is 1. The molecule has 1 atom stereocenters. The fourth-order valence-electron chi connectivity index (χ4n) is 3.47. The van der Waals surface area contributed by atoms with Gasteiger partial charge < -0.3 is 5.32 Å². The number of benzene rings is 3. The minimum atomic E-state index is -3.98. The summed E-state index contributed by atoms with van der Waals surface area (Å²) in [6.45, 7) is 3.81. The second-order valence-corrected chi connectivity index (χ2v) is 10.3. The molecule has 5 nitrogen and oxygen atoms in total. The van der Waals surface area contributed by atoms with E-state index in [-0.39, 0.29) is 23.4 Å². The Morgan fingerprint density at radius 1 is 0.938 bits per heavy atom. The van der Waals surface area contributed by atoms with Crippen molar-refractivity contribution < 1.29 is 13.2 Å². The van der Waals surface area contributed by atoms with Gasteiger partial charge in [0.05, 0.1) is 16.6 Å². The lowest BCUT2D eigenvalue weighted by Crippen LogP contribution is -2.42. The highest BCUT2D eigenvalue weighted by Crippen LogP contribution is 2.27. The summed E-state index contributed by atoms with van der Waals surface area (Å²) >= 11 is 6.12. The van der Waals surface area contributed by atoms with Crippen molar-refractivity contribution >= 4 is 33.2 Å². The number of hydrogen-bond donors (Lipinski definition) is 1. The van der Waals surface area contributed by atoms with Crippen molar-refractivity contribution in [2.75, 3.05) is 10.8 Å². The minimum Gasteiger partial charge on any atom is -0.348 e. The van der Waals surface area contributed by atoms with E-state index in [0.717, 1.165) is 16.3 Å². The average molecular weight is 471 g/mol. The standard InChI is InChI=1S/C25H27ClN2O3S/c1-19(2)16-24(20-10-5-3-6-11-20)27-25(29)18-28(22-13-9-12-21(26)17-22)32(30,31)23-14-7-4-8-15-23/h3-15,17,19,24H,16,18H2,1-2H3,(H,27,29)/t24-/m0/s1. The molecule has 1 amide bonds. The number of hydrogen-bond acceptors (Lipinski definition) is 3. The van der Waals surface area contributed by atoms with Gasteiger partial charge in [0.15, 0.2) is 0 Å². The maximum Gasteiger partial charge on any atom is 0.264 e. The number of sulfonamides is 1. The van der Waals surface area contributed by atoms with Crippen LogP contribution in [-0.4, -0.2) is 20.9 Å². The Hall–Kier alpha value is -2.83. The van der Waals surface area contributed by atoms with Crippen LogP contribution >= 0.6 is 11.6 Å². The molecule has 0 aliphatic heterocycles. The molecule has 3 aromatic carbocycles. The third-order valence-corrected chi connectivity index (χ3v) is 6.98. The molecule has 168 valence electrons. The van der Waals surface area contributed by atoms with Gasteiger partial charge in [-0.2, -0.15) is 0 Å². The Morgan fingerprint density at radius 2 is 1.56 bits per heavy atom. The van der Waals surface area contributed by atoms with E-state index in [2.05, 4.69) is 19.2 Å². The molecule has 3 aromatic rings. The molecule has 0 radical (unpaired) electrons. The highest BCUT2D eigenvalue weighted by Gasteiger charge is 2.28. The first-order chi connectivity index (χ1) is 15.3. The van der Waals surface area contributed by atoms with Crippen LogP contribution in [0.2, 0.25) is 5.02 Å². The van der Waals surface area contributed by atoms with Gasteiger partial charge in [-0.15, -0.1) is 0 Å². The smallest absolute Gasteiger partial charge is 0.264 e. The number of halogens is 1. The molecule has 32 heavy (non-hydrogen) atoms. The van der Waals surface area contributed by atoms with Crippen LogP contribution in [0.3, 0.4) is 0 Å². The number of nitrogens with one attached hydrogen (secondary N) is 1. The molecule has 0 heterocycles. The third-order valence-electron chi connectivity index (χ3n) is 4.96. The van der Waals surface area contributed by atoms with Gasteiger partial charge in [-0.25, -0.2) is 8.42 Å². The third kappa shape index (κ3) is 6.11. The quantitative estimate of drug-likeness (QED) is 0.453. The predicted molar refractivity (Wildman–Crippen MR) is 129 cm³/mol. The van der Waals surface area contributed by atoms with Crippen molar-refractivity contribution in [2.24, 2.45) is 5.92 Å². The summed E-state index contributed by atoms with van der Waals surface area (Å²) < 4.78 is 27.9. The van der Waals surface area contributed by atoms with Crippen LogP contribution in [0, 0.1) is 5.92 Å². The summed E-state index contributed by atoms with van der Waals surface area (Å²) in [6, 6.07) is 24.0. The van der Waals surface area contributed by atoms with E-state index in [1.54, 1.807) is 36.4 Å². The lowest BCUT2D eigenvalue weighted by molar-refractivity contribution is -0.120. The zero-order chi connectivity index (χ0) is 23.1. The summed E-state index contributed by atoms with van der Waals surface area (Å²) in [5.74, 6) is -0.0448. The van der Waals surface area contributed by atoms with Crippen molar-refractivity contribution in [2.45, 2.75) is 31.2 Å². The van der Waals surface area contributed by atoms with Crippen LogP contribution in [0.1, 0.15) is 31.9 Å². The molecule has 0 unspecified atom stereocenters. The summed E-state index contributed by atoms with van der Waals surface area (Å²) in [4.78, 5) is 13.2. The van der Waals surface area contributed by atoms with Crippen LogP contribution in [0.15, 0.2) is 89.8 Å². The molecule has 0 fully saturated rings. The van der Waals surface area contributed by atoms with Crippen LogP contribution in [0.4, 0.5) is 5.69 Å². The maximum absolute atomic E-state index is 13.4. The van der Waals surface area contributed by atoms with E-state index in [9.17, 15) is 13.2 Å². The summed E-state index contributed by atoms with van der Waals surface area (Å²) in [5.41, 5.74) is 1.31. The number of anilines is 1. The highest BCUT2D eigenvalue weighted by atomic mass is 35.5. The maximum atomic E-state index is 13.4. The predicted octanol–water partition coefficient (Wildman–Crippen LogP) is 5.44. The molecular formula is C25H27ClN2O3S. The van der Waals surface area contributed by atoms with Gasteiger partial charge in [0.25, 0.3) is 10.0 Å². The Kier molecular flexibility index (Phi) is 7.94. The largest absolute Gasteiger partial charge is 0.348 e. The average Bonchev–Trinajstić information content (AvgIpc) is 2.78. The molecule has 0 aliphatic rings. The first-order valence-electron chi connectivity index (χ1n) is 10.4. The highest BCUT2D eigenvalue weighted by molar-refractivity contribution is 7.92. The molecule has 0 aromatic heterocycles.